The van der Waals surface area contributed by atoms with Gasteiger partial charge in [0.05, 0.1) is 6.61 Å². The lowest BCUT2D eigenvalue weighted by atomic mass is 9.73. The van der Waals surface area contributed by atoms with Gasteiger partial charge in [-0.2, -0.15) is 0 Å². The van der Waals surface area contributed by atoms with E-state index in [9.17, 15) is 4.79 Å². The highest BCUT2D eigenvalue weighted by Crippen LogP contribution is 2.39. The average molecular weight is 363 g/mol. The number of H-pyrrole nitrogens is 1. The second-order valence-electron chi connectivity index (χ2n) is 8.08. The Morgan fingerprint density at radius 3 is 3.04 bits per heavy atom. The molecule has 0 saturated carbocycles. The van der Waals surface area contributed by atoms with E-state index in [1.807, 2.05) is 11.1 Å². The van der Waals surface area contributed by atoms with E-state index >= 15 is 0 Å². The predicted octanol–water partition coefficient (Wildman–Crippen LogP) is 2.60. The van der Waals surface area contributed by atoms with E-state index in [-0.39, 0.29) is 5.41 Å². The van der Waals surface area contributed by atoms with Crippen molar-refractivity contribution in [1.29, 1.82) is 0 Å². The molecule has 2 saturated heterocycles. The van der Waals surface area contributed by atoms with Crippen LogP contribution in [0.3, 0.4) is 0 Å². The van der Waals surface area contributed by atoms with Crippen LogP contribution in [0.25, 0.3) is 0 Å². The number of aryl methyl sites for hydroxylation is 1. The molecule has 2 aliphatic rings. The largest absolute Gasteiger partial charge is 0.383 e. The summed E-state index contributed by atoms with van der Waals surface area (Å²) in [6.07, 6.45) is 9.57. The third kappa shape index (κ3) is 4.86. The fourth-order valence-electron chi connectivity index (χ4n) is 4.48. The minimum absolute atomic E-state index is 0.255. The molecule has 1 spiro atoms. The number of aromatic nitrogens is 2. The third-order valence-electron chi connectivity index (χ3n) is 5.90. The van der Waals surface area contributed by atoms with E-state index in [2.05, 4.69) is 21.8 Å². The molecule has 3 heterocycles. The Bertz CT molecular complexity index is 588. The van der Waals surface area contributed by atoms with E-state index in [0.717, 1.165) is 51.4 Å². The van der Waals surface area contributed by atoms with Crippen LogP contribution >= 0.6 is 0 Å². The van der Waals surface area contributed by atoms with Gasteiger partial charge in [-0.1, -0.05) is 13.3 Å². The number of carbonyl (C=O) groups excluding carboxylic acids is 1. The van der Waals surface area contributed by atoms with E-state index in [4.69, 9.17) is 4.74 Å². The SMILES string of the molecule is CCCCc1ncc(CN2CCCC3(CCC(=O)N(CCOC)C3)C2)[nH]1. The average Bonchev–Trinajstić information content (AvgIpc) is 3.08. The number of carbonyl (C=O) groups is 1. The number of rotatable bonds is 8. The first-order chi connectivity index (χ1) is 12.6. The number of nitrogens with one attached hydrogen (secondary N) is 1. The van der Waals surface area contributed by atoms with Crippen LogP contribution in [0.5, 0.6) is 0 Å². The summed E-state index contributed by atoms with van der Waals surface area (Å²) in [6.45, 7) is 7.59. The molecule has 26 heavy (non-hydrogen) atoms. The first-order valence-electron chi connectivity index (χ1n) is 10.2. The minimum Gasteiger partial charge on any atom is -0.383 e. The van der Waals surface area contributed by atoms with Gasteiger partial charge in [-0.25, -0.2) is 4.98 Å². The van der Waals surface area contributed by atoms with Crippen molar-refractivity contribution in [3.8, 4) is 0 Å². The van der Waals surface area contributed by atoms with Crippen molar-refractivity contribution in [2.24, 2.45) is 5.41 Å². The van der Waals surface area contributed by atoms with Crippen LogP contribution in [0.15, 0.2) is 6.20 Å². The van der Waals surface area contributed by atoms with E-state index in [0.29, 0.717) is 18.9 Å². The van der Waals surface area contributed by atoms with Crippen LogP contribution in [-0.2, 0) is 22.5 Å². The first kappa shape index (κ1) is 19.4. The Morgan fingerprint density at radius 1 is 1.35 bits per heavy atom. The summed E-state index contributed by atoms with van der Waals surface area (Å²) in [6, 6.07) is 0. The van der Waals surface area contributed by atoms with Gasteiger partial charge in [-0.15, -0.1) is 0 Å². The summed E-state index contributed by atoms with van der Waals surface area (Å²) in [4.78, 5) is 24.8. The lowest BCUT2D eigenvalue weighted by molar-refractivity contribution is -0.140. The van der Waals surface area contributed by atoms with Crippen molar-refractivity contribution in [3.63, 3.8) is 0 Å². The predicted molar refractivity (Wildman–Crippen MR) is 102 cm³/mol. The highest BCUT2D eigenvalue weighted by molar-refractivity contribution is 5.77. The Morgan fingerprint density at radius 2 is 2.23 bits per heavy atom. The second-order valence-corrected chi connectivity index (χ2v) is 8.08. The maximum atomic E-state index is 12.2. The number of methoxy groups -OCH3 is 1. The standard InChI is InChI=1S/C20H34N4O2/c1-3-4-6-18-21-13-17(22-18)14-23-10-5-8-20(15-23)9-7-19(25)24(16-20)11-12-26-2/h13H,3-12,14-16H2,1-2H3,(H,21,22). The quantitative estimate of drug-likeness (QED) is 0.772. The van der Waals surface area contributed by atoms with Gasteiger partial charge in [-0.05, 0) is 32.2 Å². The molecule has 146 valence electrons. The number of aromatic amines is 1. The van der Waals surface area contributed by atoms with Gasteiger partial charge in [0, 0.05) is 63.4 Å². The van der Waals surface area contributed by atoms with E-state index < -0.39 is 0 Å². The van der Waals surface area contributed by atoms with Gasteiger partial charge >= 0.3 is 0 Å². The number of likely N-dealkylation sites (tertiary alicyclic amines) is 2. The number of unbranched alkanes of at least 4 members (excludes halogenated alkanes) is 1. The Hall–Kier alpha value is -1.40. The van der Waals surface area contributed by atoms with Gasteiger partial charge in [0.25, 0.3) is 0 Å². The van der Waals surface area contributed by atoms with Crippen LogP contribution in [0.1, 0.15) is 57.0 Å². The molecule has 1 N–H and O–H groups in total. The number of imidazole rings is 1. The molecule has 1 atom stereocenters. The van der Waals surface area contributed by atoms with Crippen LogP contribution in [0, 0.1) is 5.41 Å². The van der Waals surface area contributed by atoms with E-state index in [1.54, 1.807) is 7.11 Å². The first-order valence-corrected chi connectivity index (χ1v) is 10.2. The molecule has 0 aliphatic carbocycles. The smallest absolute Gasteiger partial charge is 0.222 e. The Kier molecular flexibility index (Phi) is 6.70. The fourth-order valence-corrected chi connectivity index (χ4v) is 4.48. The zero-order valence-electron chi connectivity index (χ0n) is 16.4. The van der Waals surface area contributed by atoms with Crippen LogP contribution in [0.2, 0.25) is 0 Å². The van der Waals surface area contributed by atoms with Crippen molar-refractivity contribution >= 4 is 5.91 Å². The third-order valence-corrected chi connectivity index (χ3v) is 5.90. The van der Waals surface area contributed by atoms with Gasteiger partial charge < -0.3 is 14.6 Å². The molecular formula is C20H34N4O2. The van der Waals surface area contributed by atoms with Crippen LogP contribution < -0.4 is 0 Å². The molecule has 6 heteroatoms. The highest BCUT2D eigenvalue weighted by Gasteiger charge is 2.41. The number of ether oxygens (including phenoxy) is 1. The monoisotopic (exact) mass is 362 g/mol. The highest BCUT2D eigenvalue weighted by atomic mass is 16.5. The molecule has 1 unspecified atom stereocenters. The minimum atomic E-state index is 0.255. The summed E-state index contributed by atoms with van der Waals surface area (Å²) in [5, 5.41) is 0. The summed E-state index contributed by atoms with van der Waals surface area (Å²) >= 11 is 0. The van der Waals surface area contributed by atoms with Crippen molar-refractivity contribution in [2.45, 2.75) is 58.4 Å². The van der Waals surface area contributed by atoms with Crippen LogP contribution in [-0.4, -0.2) is 65.6 Å². The van der Waals surface area contributed by atoms with Crippen molar-refractivity contribution in [1.82, 2.24) is 19.8 Å². The molecule has 0 radical (unpaired) electrons. The molecule has 1 aromatic rings. The Labute approximate surface area is 157 Å². The van der Waals surface area contributed by atoms with Crippen LogP contribution in [0.4, 0.5) is 0 Å². The zero-order valence-corrected chi connectivity index (χ0v) is 16.4. The molecule has 0 aromatic carbocycles. The van der Waals surface area contributed by atoms with Gasteiger partial charge in [0.15, 0.2) is 0 Å². The molecule has 0 bridgehead atoms. The Balaban J connectivity index is 1.58. The maximum Gasteiger partial charge on any atom is 0.222 e. The second kappa shape index (κ2) is 9.00. The fraction of sp³-hybridized carbons (Fsp3) is 0.800. The summed E-state index contributed by atoms with van der Waals surface area (Å²) < 4.78 is 5.18. The molecule has 1 amide bonds. The van der Waals surface area contributed by atoms with Crippen molar-refractivity contribution in [2.75, 3.05) is 39.9 Å². The molecule has 2 fully saturated rings. The summed E-state index contributed by atoms with van der Waals surface area (Å²) in [5.74, 6) is 1.40. The van der Waals surface area contributed by atoms with Crippen molar-refractivity contribution < 1.29 is 9.53 Å². The molecular weight excluding hydrogens is 328 g/mol. The number of piperidine rings is 2. The normalized spacial score (nSPS) is 24.5. The number of amides is 1. The lowest BCUT2D eigenvalue weighted by Crippen LogP contribution is -2.54. The van der Waals surface area contributed by atoms with Gasteiger partial charge in [0.1, 0.15) is 5.82 Å². The molecule has 2 aliphatic heterocycles. The molecule has 1 aromatic heterocycles. The van der Waals surface area contributed by atoms with E-state index in [1.165, 1.54) is 31.4 Å². The van der Waals surface area contributed by atoms with Crippen molar-refractivity contribution in [3.05, 3.63) is 17.7 Å². The van der Waals surface area contributed by atoms with Gasteiger partial charge in [0.2, 0.25) is 5.91 Å². The number of hydrogen-bond donors (Lipinski definition) is 1. The number of nitrogens with zero attached hydrogens (tertiary/aromatic N) is 3. The van der Waals surface area contributed by atoms with Gasteiger partial charge in [-0.3, -0.25) is 9.69 Å². The zero-order chi connectivity index (χ0) is 18.4. The number of hydrogen-bond acceptors (Lipinski definition) is 4. The molecule has 6 nitrogen and oxygen atoms in total. The maximum absolute atomic E-state index is 12.2. The summed E-state index contributed by atoms with van der Waals surface area (Å²) in [5.41, 5.74) is 1.47. The topological polar surface area (TPSA) is 61.5 Å². The summed E-state index contributed by atoms with van der Waals surface area (Å²) in [7, 11) is 1.70. The molecule has 3 rings (SSSR count). The lowest BCUT2D eigenvalue weighted by Gasteiger charge is -2.48.